The van der Waals surface area contributed by atoms with Crippen LogP contribution in [0, 0.1) is 10.5 Å². The van der Waals surface area contributed by atoms with Crippen LogP contribution < -0.4 is 5.73 Å². The van der Waals surface area contributed by atoms with Crippen LogP contribution in [0.25, 0.3) is 5.69 Å². The van der Waals surface area contributed by atoms with Gasteiger partial charge < -0.3 is 5.73 Å². The molecule has 0 saturated heterocycles. The Morgan fingerprint density at radius 1 is 1.33 bits per heavy atom. The van der Waals surface area contributed by atoms with Gasteiger partial charge in [0.1, 0.15) is 0 Å². The molecular weight excluding hydrogens is 303 g/mol. The minimum absolute atomic E-state index is 0.427. The van der Waals surface area contributed by atoms with Crippen molar-refractivity contribution >= 4 is 22.6 Å². The third kappa shape index (κ3) is 2.03. The summed E-state index contributed by atoms with van der Waals surface area (Å²) in [6.45, 7) is 2.40. The molecule has 0 fully saturated rings. The minimum Gasteiger partial charge on any atom is -0.325 e. The predicted molar refractivity (Wildman–Crippen MR) is 66.7 cm³/mol. The fourth-order valence-corrected chi connectivity index (χ4v) is 1.74. The third-order valence-electron chi connectivity index (χ3n) is 2.25. The molecule has 0 spiro atoms. The Labute approximate surface area is 102 Å². The maximum Gasteiger partial charge on any atom is 0.0996 e. The molecule has 15 heavy (non-hydrogen) atoms. The SMILES string of the molecule is Cc1c(CN)nnn1-c1ccc(I)cc1. The molecule has 2 N–H and O–H groups in total. The largest absolute Gasteiger partial charge is 0.325 e. The Kier molecular flexibility index (Phi) is 3.01. The van der Waals surface area contributed by atoms with Gasteiger partial charge in [-0.3, -0.25) is 0 Å². The molecule has 0 radical (unpaired) electrons. The van der Waals surface area contributed by atoms with Crippen LogP contribution in [0.2, 0.25) is 0 Å². The highest BCUT2D eigenvalue weighted by Crippen LogP contribution is 2.13. The third-order valence-corrected chi connectivity index (χ3v) is 2.97. The van der Waals surface area contributed by atoms with Crippen molar-refractivity contribution in [1.29, 1.82) is 0 Å². The number of hydrogen-bond acceptors (Lipinski definition) is 3. The van der Waals surface area contributed by atoms with Gasteiger partial charge in [0.25, 0.3) is 0 Å². The highest BCUT2D eigenvalue weighted by Gasteiger charge is 2.07. The smallest absolute Gasteiger partial charge is 0.0996 e. The van der Waals surface area contributed by atoms with Gasteiger partial charge in [0.2, 0.25) is 0 Å². The van der Waals surface area contributed by atoms with Gasteiger partial charge in [-0.1, -0.05) is 5.21 Å². The summed E-state index contributed by atoms with van der Waals surface area (Å²) in [7, 11) is 0. The van der Waals surface area contributed by atoms with E-state index in [4.69, 9.17) is 5.73 Å². The number of rotatable bonds is 2. The molecule has 1 heterocycles. The van der Waals surface area contributed by atoms with E-state index in [1.54, 1.807) is 4.68 Å². The van der Waals surface area contributed by atoms with Crippen molar-refractivity contribution in [2.24, 2.45) is 5.73 Å². The number of benzene rings is 1. The summed E-state index contributed by atoms with van der Waals surface area (Å²) < 4.78 is 3.01. The molecule has 0 aliphatic rings. The number of nitrogens with zero attached hydrogens (tertiary/aromatic N) is 3. The van der Waals surface area contributed by atoms with E-state index >= 15 is 0 Å². The lowest BCUT2D eigenvalue weighted by Gasteiger charge is -2.03. The van der Waals surface area contributed by atoms with Crippen LogP contribution in [0.5, 0.6) is 0 Å². The summed E-state index contributed by atoms with van der Waals surface area (Å²) in [5.74, 6) is 0. The Morgan fingerprint density at radius 3 is 2.53 bits per heavy atom. The Balaban J connectivity index is 2.45. The number of halogens is 1. The zero-order valence-electron chi connectivity index (χ0n) is 8.31. The van der Waals surface area contributed by atoms with Crippen molar-refractivity contribution in [3.8, 4) is 5.69 Å². The van der Waals surface area contributed by atoms with E-state index in [0.29, 0.717) is 6.54 Å². The first-order chi connectivity index (χ1) is 7.22. The Hall–Kier alpha value is -0.950. The first kappa shape index (κ1) is 10.6. The summed E-state index contributed by atoms with van der Waals surface area (Å²) in [5.41, 5.74) is 8.40. The molecule has 78 valence electrons. The van der Waals surface area contributed by atoms with E-state index in [1.165, 1.54) is 3.57 Å². The predicted octanol–water partition coefficient (Wildman–Crippen LogP) is 1.64. The highest BCUT2D eigenvalue weighted by atomic mass is 127. The van der Waals surface area contributed by atoms with E-state index in [1.807, 2.05) is 31.2 Å². The quantitative estimate of drug-likeness (QED) is 0.858. The molecule has 0 atom stereocenters. The van der Waals surface area contributed by atoms with Crippen LogP contribution in [0.1, 0.15) is 11.4 Å². The van der Waals surface area contributed by atoms with Crippen molar-refractivity contribution in [2.45, 2.75) is 13.5 Å². The second-order valence-electron chi connectivity index (χ2n) is 3.21. The molecule has 0 aliphatic carbocycles. The normalized spacial score (nSPS) is 10.6. The van der Waals surface area contributed by atoms with Crippen LogP contribution >= 0.6 is 22.6 Å². The van der Waals surface area contributed by atoms with Gasteiger partial charge in [0.05, 0.1) is 17.1 Å². The van der Waals surface area contributed by atoms with E-state index in [-0.39, 0.29) is 0 Å². The molecule has 0 bridgehead atoms. The molecule has 0 saturated carbocycles. The van der Waals surface area contributed by atoms with Crippen molar-refractivity contribution < 1.29 is 0 Å². The summed E-state index contributed by atoms with van der Waals surface area (Å²) >= 11 is 2.27. The molecule has 4 nitrogen and oxygen atoms in total. The molecule has 0 aliphatic heterocycles. The van der Waals surface area contributed by atoms with E-state index in [9.17, 15) is 0 Å². The van der Waals surface area contributed by atoms with Gasteiger partial charge >= 0.3 is 0 Å². The van der Waals surface area contributed by atoms with Gasteiger partial charge in [-0.05, 0) is 53.8 Å². The summed E-state index contributed by atoms with van der Waals surface area (Å²) in [6.07, 6.45) is 0. The lowest BCUT2D eigenvalue weighted by Crippen LogP contribution is -2.01. The van der Waals surface area contributed by atoms with Gasteiger partial charge in [0.15, 0.2) is 0 Å². The van der Waals surface area contributed by atoms with Crippen molar-refractivity contribution in [3.05, 3.63) is 39.2 Å². The molecule has 0 unspecified atom stereocenters. The topological polar surface area (TPSA) is 56.7 Å². The molecule has 1 aromatic carbocycles. The van der Waals surface area contributed by atoms with Crippen molar-refractivity contribution in [1.82, 2.24) is 15.0 Å². The molecule has 2 rings (SSSR count). The standard InChI is InChI=1S/C10H11IN4/c1-7-10(6-12)13-14-15(7)9-4-2-8(11)3-5-9/h2-5H,6,12H2,1H3. The lowest BCUT2D eigenvalue weighted by molar-refractivity contribution is 0.782. The molecule has 2 aromatic rings. The van der Waals surface area contributed by atoms with E-state index in [0.717, 1.165) is 17.1 Å². The summed E-state index contributed by atoms with van der Waals surface area (Å²) in [6, 6.07) is 8.12. The highest BCUT2D eigenvalue weighted by molar-refractivity contribution is 14.1. The molecule has 1 aromatic heterocycles. The summed E-state index contributed by atoms with van der Waals surface area (Å²) in [4.78, 5) is 0. The Bertz CT molecular complexity index is 461. The number of hydrogen-bond donors (Lipinski definition) is 1. The monoisotopic (exact) mass is 314 g/mol. The lowest BCUT2D eigenvalue weighted by atomic mass is 10.3. The van der Waals surface area contributed by atoms with Crippen molar-refractivity contribution in [3.63, 3.8) is 0 Å². The average molecular weight is 314 g/mol. The Morgan fingerprint density at radius 2 is 2.00 bits per heavy atom. The second kappa shape index (κ2) is 4.28. The van der Waals surface area contributed by atoms with Gasteiger partial charge in [-0.25, -0.2) is 4.68 Å². The van der Waals surface area contributed by atoms with Gasteiger partial charge in [-0.15, -0.1) is 5.10 Å². The van der Waals surface area contributed by atoms with Crippen molar-refractivity contribution in [2.75, 3.05) is 0 Å². The zero-order valence-corrected chi connectivity index (χ0v) is 10.5. The molecule has 0 amide bonds. The second-order valence-corrected chi connectivity index (χ2v) is 4.46. The minimum atomic E-state index is 0.427. The summed E-state index contributed by atoms with van der Waals surface area (Å²) in [5, 5.41) is 8.09. The number of aromatic nitrogens is 3. The zero-order chi connectivity index (χ0) is 10.8. The van der Waals surface area contributed by atoms with Crippen LogP contribution in [0.4, 0.5) is 0 Å². The first-order valence-corrected chi connectivity index (χ1v) is 5.67. The van der Waals surface area contributed by atoms with Crippen LogP contribution in [0.15, 0.2) is 24.3 Å². The maximum atomic E-state index is 5.55. The van der Waals surface area contributed by atoms with E-state index < -0.39 is 0 Å². The fourth-order valence-electron chi connectivity index (χ4n) is 1.38. The molecular formula is C10H11IN4. The van der Waals surface area contributed by atoms with Crippen LogP contribution in [-0.2, 0) is 6.54 Å². The van der Waals surface area contributed by atoms with Crippen LogP contribution in [-0.4, -0.2) is 15.0 Å². The van der Waals surface area contributed by atoms with E-state index in [2.05, 4.69) is 32.9 Å². The first-order valence-electron chi connectivity index (χ1n) is 4.59. The van der Waals surface area contributed by atoms with Gasteiger partial charge in [0, 0.05) is 10.1 Å². The number of nitrogens with two attached hydrogens (primary N) is 1. The fraction of sp³-hybridized carbons (Fsp3) is 0.200. The molecule has 5 heteroatoms. The average Bonchev–Trinajstić information content (AvgIpc) is 2.61. The van der Waals surface area contributed by atoms with Crippen LogP contribution in [0.3, 0.4) is 0 Å². The van der Waals surface area contributed by atoms with Gasteiger partial charge in [-0.2, -0.15) is 0 Å². The maximum absolute atomic E-state index is 5.55.